The monoisotopic (exact) mass is 322 g/mol. The Hall–Kier alpha value is -1.34. The van der Waals surface area contributed by atoms with Crippen LogP contribution in [0.5, 0.6) is 11.5 Å². The van der Waals surface area contributed by atoms with E-state index >= 15 is 0 Å². The van der Waals surface area contributed by atoms with Crippen molar-refractivity contribution in [1.82, 2.24) is 9.80 Å². The van der Waals surface area contributed by atoms with E-state index in [4.69, 9.17) is 14.2 Å². The summed E-state index contributed by atoms with van der Waals surface area (Å²) in [5.41, 5.74) is 1.03. The highest BCUT2D eigenvalue weighted by atomic mass is 16.7. The van der Waals surface area contributed by atoms with Crippen LogP contribution in [0.3, 0.4) is 0 Å². The largest absolute Gasteiger partial charge is 0.454 e. The Balaban J connectivity index is 1.35. The highest BCUT2D eigenvalue weighted by molar-refractivity contribution is 5.44. The fourth-order valence-corrected chi connectivity index (χ4v) is 2.98. The van der Waals surface area contributed by atoms with Crippen LogP contribution in [0.1, 0.15) is 12.5 Å². The van der Waals surface area contributed by atoms with Gasteiger partial charge in [-0.3, -0.25) is 4.90 Å². The summed E-state index contributed by atoms with van der Waals surface area (Å²) in [6.45, 7) is 9.29. The van der Waals surface area contributed by atoms with Gasteiger partial charge in [-0.2, -0.15) is 0 Å². The second-order valence-corrected chi connectivity index (χ2v) is 6.09. The lowest BCUT2D eigenvalue weighted by atomic mass is 10.2. The van der Waals surface area contributed by atoms with Gasteiger partial charge in [-0.05, 0) is 24.2 Å². The van der Waals surface area contributed by atoms with Crippen molar-refractivity contribution in [3.05, 3.63) is 23.8 Å². The van der Waals surface area contributed by atoms with Crippen LogP contribution in [0.2, 0.25) is 0 Å². The molecule has 0 amide bonds. The third-order valence-corrected chi connectivity index (χ3v) is 4.40. The summed E-state index contributed by atoms with van der Waals surface area (Å²) in [6, 6.07) is 5.78. The van der Waals surface area contributed by atoms with Gasteiger partial charge < -0.3 is 24.2 Å². The van der Waals surface area contributed by atoms with Crippen molar-refractivity contribution in [1.29, 1.82) is 0 Å². The van der Waals surface area contributed by atoms with E-state index in [9.17, 15) is 5.11 Å². The summed E-state index contributed by atoms with van der Waals surface area (Å²) in [7, 11) is 0. The smallest absolute Gasteiger partial charge is 0.231 e. The summed E-state index contributed by atoms with van der Waals surface area (Å²) in [4.78, 5) is 4.74. The molecule has 0 radical (unpaired) electrons. The molecule has 0 aromatic heterocycles. The number of piperazine rings is 1. The standard InChI is InChI=1S/C17H26N2O4/c1-2-18-5-7-19(8-6-18)10-15(20)12-21-11-14-3-4-16-17(9-14)23-13-22-16/h3-4,9,15,20H,2,5-8,10-13H2,1H3/t15-/m1/s1. The Labute approximate surface area is 137 Å². The number of likely N-dealkylation sites (N-methyl/N-ethyl adjacent to an activating group) is 1. The third kappa shape index (κ3) is 4.57. The molecular weight excluding hydrogens is 296 g/mol. The highest BCUT2D eigenvalue weighted by Crippen LogP contribution is 2.32. The molecule has 0 aliphatic carbocycles. The van der Waals surface area contributed by atoms with Gasteiger partial charge in [0, 0.05) is 32.7 Å². The van der Waals surface area contributed by atoms with Gasteiger partial charge in [0.1, 0.15) is 0 Å². The summed E-state index contributed by atoms with van der Waals surface area (Å²) >= 11 is 0. The fraction of sp³-hybridized carbons (Fsp3) is 0.647. The summed E-state index contributed by atoms with van der Waals surface area (Å²) in [6.07, 6.45) is -0.447. The van der Waals surface area contributed by atoms with E-state index in [1.54, 1.807) is 0 Å². The number of hydrogen-bond donors (Lipinski definition) is 1. The molecule has 3 rings (SSSR count). The normalized spacial score (nSPS) is 19.9. The minimum Gasteiger partial charge on any atom is -0.454 e. The quantitative estimate of drug-likeness (QED) is 0.806. The summed E-state index contributed by atoms with van der Waals surface area (Å²) in [5, 5.41) is 10.1. The average Bonchev–Trinajstić information content (AvgIpc) is 3.03. The van der Waals surface area contributed by atoms with Gasteiger partial charge >= 0.3 is 0 Å². The SMILES string of the molecule is CCN1CCN(C[C@@H](O)COCc2ccc3c(c2)OCO3)CC1. The van der Waals surface area contributed by atoms with Crippen LogP contribution < -0.4 is 9.47 Å². The number of aliphatic hydroxyl groups excluding tert-OH is 1. The van der Waals surface area contributed by atoms with Crippen molar-refractivity contribution in [3.63, 3.8) is 0 Å². The first-order valence-corrected chi connectivity index (χ1v) is 8.33. The molecule has 2 aliphatic heterocycles. The molecule has 128 valence electrons. The zero-order chi connectivity index (χ0) is 16.1. The van der Waals surface area contributed by atoms with Crippen LogP contribution in [0, 0.1) is 0 Å². The molecule has 2 aliphatic rings. The number of ether oxygens (including phenoxy) is 3. The summed E-state index contributed by atoms with van der Waals surface area (Å²) in [5.74, 6) is 1.54. The Kier molecular flexibility index (Phi) is 5.72. The maximum atomic E-state index is 10.1. The zero-order valence-corrected chi connectivity index (χ0v) is 13.7. The first-order chi connectivity index (χ1) is 11.2. The molecule has 1 saturated heterocycles. The van der Waals surface area contributed by atoms with Gasteiger partial charge in [0.05, 0.1) is 19.3 Å². The number of rotatable bonds is 7. The van der Waals surface area contributed by atoms with Gasteiger partial charge in [0.2, 0.25) is 6.79 Å². The molecule has 1 N–H and O–H groups in total. The van der Waals surface area contributed by atoms with Crippen LogP contribution >= 0.6 is 0 Å². The van der Waals surface area contributed by atoms with E-state index in [1.165, 1.54) is 0 Å². The number of hydrogen-bond acceptors (Lipinski definition) is 6. The molecule has 2 heterocycles. The molecule has 0 saturated carbocycles. The lowest BCUT2D eigenvalue weighted by molar-refractivity contribution is 0.00175. The molecule has 0 unspecified atom stereocenters. The minimum atomic E-state index is -0.447. The van der Waals surface area contributed by atoms with Gasteiger partial charge in [0.25, 0.3) is 0 Å². The average molecular weight is 322 g/mol. The molecule has 23 heavy (non-hydrogen) atoms. The van der Waals surface area contributed by atoms with E-state index < -0.39 is 6.10 Å². The van der Waals surface area contributed by atoms with Crippen molar-refractivity contribution in [3.8, 4) is 11.5 Å². The van der Waals surface area contributed by atoms with Crippen LogP contribution in [-0.4, -0.2) is 73.7 Å². The number of nitrogens with zero attached hydrogens (tertiary/aromatic N) is 2. The Morgan fingerprint density at radius 2 is 1.87 bits per heavy atom. The Bertz CT molecular complexity index is 503. The van der Waals surface area contributed by atoms with Crippen molar-refractivity contribution in [2.24, 2.45) is 0 Å². The first-order valence-electron chi connectivity index (χ1n) is 8.33. The van der Waals surface area contributed by atoms with Gasteiger partial charge in [-0.25, -0.2) is 0 Å². The molecule has 1 aromatic rings. The van der Waals surface area contributed by atoms with E-state index in [-0.39, 0.29) is 6.79 Å². The number of fused-ring (bicyclic) bond motifs is 1. The highest BCUT2D eigenvalue weighted by Gasteiger charge is 2.18. The van der Waals surface area contributed by atoms with Crippen molar-refractivity contribution < 1.29 is 19.3 Å². The number of benzene rings is 1. The van der Waals surface area contributed by atoms with Gasteiger partial charge in [-0.1, -0.05) is 13.0 Å². The molecule has 0 bridgehead atoms. The van der Waals surface area contributed by atoms with Crippen LogP contribution in [0.4, 0.5) is 0 Å². The zero-order valence-electron chi connectivity index (χ0n) is 13.7. The van der Waals surface area contributed by atoms with E-state index in [1.807, 2.05) is 18.2 Å². The molecular formula is C17H26N2O4. The molecule has 1 atom stereocenters. The predicted octanol–water partition coefficient (Wildman–Crippen LogP) is 0.930. The van der Waals surface area contributed by atoms with Crippen molar-refractivity contribution in [2.75, 3.05) is 52.7 Å². The predicted molar refractivity (Wildman–Crippen MR) is 86.8 cm³/mol. The molecule has 0 spiro atoms. The van der Waals surface area contributed by atoms with Crippen molar-refractivity contribution in [2.45, 2.75) is 19.6 Å². The second-order valence-electron chi connectivity index (χ2n) is 6.09. The van der Waals surface area contributed by atoms with Gasteiger partial charge in [0.15, 0.2) is 11.5 Å². The van der Waals surface area contributed by atoms with Crippen LogP contribution in [0.25, 0.3) is 0 Å². The topological polar surface area (TPSA) is 54.4 Å². The second kappa shape index (κ2) is 7.97. The maximum absolute atomic E-state index is 10.1. The third-order valence-electron chi connectivity index (χ3n) is 4.40. The van der Waals surface area contributed by atoms with E-state index in [0.29, 0.717) is 19.8 Å². The lowest BCUT2D eigenvalue weighted by Crippen LogP contribution is -2.48. The van der Waals surface area contributed by atoms with E-state index in [2.05, 4.69) is 16.7 Å². The molecule has 1 aromatic carbocycles. The van der Waals surface area contributed by atoms with Crippen LogP contribution in [-0.2, 0) is 11.3 Å². The van der Waals surface area contributed by atoms with Crippen LogP contribution in [0.15, 0.2) is 18.2 Å². The number of β-amino-alcohol motifs (C(OH)–C–C–N with tert-alkyl or cyclic N) is 1. The molecule has 1 fully saturated rings. The van der Waals surface area contributed by atoms with E-state index in [0.717, 1.165) is 49.8 Å². The first kappa shape index (κ1) is 16.5. The Morgan fingerprint density at radius 1 is 1.13 bits per heavy atom. The Morgan fingerprint density at radius 3 is 2.65 bits per heavy atom. The lowest BCUT2D eigenvalue weighted by Gasteiger charge is -2.34. The number of aliphatic hydroxyl groups is 1. The fourth-order valence-electron chi connectivity index (χ4n) is 2.98. The maximum Gasteiger partial charge on any atom is 0.231 e. The molecule has 6 nitrogen and oxygen atoms in total. The minimum absolute atomic E-state index is 0.281. The van der Waals surface area contributed by atoms with Crippen molar-refractivity contribution >= 4 is 0 Å². The molecule has 6 heteroatoms. The summed E-state index contributed by atoms with van der Waals surface area (Å²) < 4.78 is 16.3. The van der Waals surface area contributed by atoms with Gasteiger partial charge in [-0.15, -0.1) is 0 Å².